The Bertz CT molecular complexity index is 565. The first-order chi connectivity index (χ1) is 9.86. The molecule has 0 radical (unpaired) electrons. The Kier molecular flexibility index (Phi) is 4.15. The van der Waals surface area contributed by atoms with Gasteiger partial charge in [0.25, 0.3) is 0 Å². The zero-order valence-corrected chi connectivity index (χ0v) is 12.3. The molecule has 2 heterocycles. The Balaban J connectivity index is 1.61. The molecule has 6 nitrogen and oxygen atoms in total. The van der Waals surface area contributed by atoms with Crippen molar-refractivity contribution in [2.45, 2.75) is 43.1 Å². The Morgan fingerprint density at radius 2 is 2.30 bits per heavy atom. The van der Waals surface area contributed by atoms with E-state index in [-0.39, 0.29) is 0 Å². The smallest absolute Gasteiger partial charge is 0.209 e. The molecule has 0 unspecified atom stereocenters. The zero-order chi connectivity index (χ0) is 13.8. The average Bonchev–Trinajstić information content (AvgIpc) is 3.22. The SMILES string of the molecule is CCCNc1cccc(CSc2nnnn2C2CC2)n1. The van der Waals surface area contributed by atoms with Crippen molar-refractivity contribution in [1.82, 2.24) is 25.2 Å². The molecule has 0 spiro atoms. The van der Waals surface area contributed by atoms with Crippen LogP contribution in [0.15, 0.2) is 23.4 Å². The number of hydrogen-bond donors (Lipinski definition) is 1. The minimum Gasteiger partial charge on any atom is -0.370 e. The van der Waals surface area contributed by atoms with Crippen LogP contribution < -0.4 is 5.32 Å². The second kappa shape index (κ2) is 6.21. The Morgan fingerprint density at radius 3 is 3.10 bits per heavy atom. The van der Waals surface area contributed by atoms with Gasteiger partial charge in [-0.1, -0.05) is 24.8 Å². The molecule has 106 valence electrons. The minimum atomic E-state index is 0.512. The monoisotopic (exact) mass is 290 g/mol. The molecule has 2 aromatic heterocycles. The fraction of sp³-hybridized carbons (Fsp3) is 0.538. The van der Waals surface area contributed by atoms with Crippen molar-refractivity contribution in [3.8, 4) is 0 Å². The summed E-state index contributed by atoms with van der Waals surface area (Å²) in [5, 5.41) is 16.1. The molecule has 2 aromatic rings. The lowest BCUT2D eigenvalue weighted by Gasteiger charge is -2.06. The van der Waals surface area contributed by atoms with E-state index in [1.54, 1.807) is 11.8 Å². The fourth-order valence-corrected chi connectivity index (χ4v) is 2.73. The number of anilines is 1. The summed E-state index contributed by atoms with van der Waals surface area (Å²) in [5.41, 5.74) is 1.04. The summed E-state index contributed by atoms with van der Waals surface area (Å²) in [7, 11) is 0. The van der Waals surface area contributed by atoms with Gasteiger partial charge in [0.05, 0.1) is 11.7 Å². The summed E-state index contributed by atoms with van der Waals surface area (Å²) in [6, 6.07) is 6.58. The molecule has 0 amide bonds. The van der Waals surface area contributed by atoms with E-state index >= 15 is 0 Å². The van der Waals surface area contributed by atoms with Crippen LogP contribution >= 0.6 is 11.8 Å². The largest absolute Gasteiger partial charge is 0.370 e. The van der Waals surface area contributed by atoms with Crippen LogP contribution in [0.2, 0.25) is 0 Å². The minimum absolute atomic E-state index is 0.512. The van der Waals surface area contributed by atoms with E-state index in [1.807, 2.05) is 22.9 Å². The molecule has 20 heavy (non-hydrogen) atoms. The molecule has 1 saturated carbocycles. The predicted molar refractivity (Wildman–Crippen MR) is 78.7 cm³/mol. The first-order valence-electron chi connectivity index (χ1n) is 6.97. The van der Waals surface area contributed by atoms with Gasteiger partial charge in [-0.3, -0.25) is 0 Å². The molecule has 3 rings (SSSR count). The van der Waals surface area contributed by atoms with Crippen molar-refractivity contribution in [2.24, 2.45) is 0 Å². The lowest BCUT2D eigenvalue weighted by atomic mass is 10.3. The van der Waals surface area contributed by atoms with Crippen molar-refractivity contribution < 1.29 is 0 Å². The van der Waals surface area contributed by atoms with Gasteiger partial charge in [-0.15, -0.1) is 5.10 Å². The number of nitrogens with one attached hydrogen (secondary N) is 1. The van der Waals surface area contributed by atoms with E-state index < -0.39 is 0 Å². The lowest BCUT2D eigenvalue weighted by molar-refractivity contribution is 0.565. The third-order valence-corrected chi connectivity index (χ3v) is 4.03. The number of nitrogens with zero attached hydrogens (tertiary/aromatic N) is 5. The summed E-state index contributed by atoms with van der Waals surface area (Å²) in [6.45, 7) is 3.09. The van der Waals surface area contributed by atoms with Gasteiger partial charge in [0, 0.05) is 12.3 Å². The summed E-state index contributed by atoms with van der Waals surface area (Å²) < 4.78 is 1.93. The quantitative estimate of drug-likeness (QED) is 0.790. The fourth-order valence-electron chi connectivity index (χ4n) is 1.88. The molecule has 1 aliphatic rings. The van der Waals surface area contributed by atoms with Crippen LogP contribution in [0, 0.1) is 0 Å². The van der Waals surface area contributed by atoms with Crippen LogP contribution in [0.5, 0.6) is 0 Å². The highest BCUT2D eigenvalue weighted by Crippen LogP contribution is 2.36. The normalized spacial score (nSPS) is 14.4. The standard InChI is InChI=1S/C13H18N6S/c1-2-8-14-12-5-3-4-10(15-12)9-20-13-16-17-18-19(13)11-6-7-11/h3-5,11H,2,6-9H2,1H3,(H,14,15). The summed E-state index contributed by atoms with van der Waals surface area (Å²) in [6.07, 6.45) is 3.47. The summed E-state index contributed by atoms with van der Waals surface area (Å²) in [5.74, 6) is 1.72. The summed E-state index contributed by atoms with van der Waals surface area (Å²) in [4.78, 5) is 4.59. The topological polar surface area (TPSA) is 68.5 Å². The van der Waals surface area contributed by atoms with E-state index in [1.165, 1.54) is 12.8 Å². The number of rotatable bonds is 7. The Labute approximate surface area is 122 Å². The van der Waals surface area contributed by atoms with Gasteiger partial charge in [-0.05, 0) is 41.8 Å². The van der Waals surface area contributed by atoms with Gasteiger partial charge < -0.3 is 5.32 Å². The molecule has 0 bridgehead atoms. The van der Waals surface area contributed by atoms with Crippen LogP contribution in [0.1, 0.15) is 37.9 Å². The molecule has 1 aliphatic carbocycles. The first kappa shape index (κ1) is 13.4. The maximum atomic E-state index is 4.59. The number of hydrogen-bond acceptors (Lipinski definition) is 6. The van der Waals surface area contributed by atoms with E-state index in [0.717, 1.165) is 35.4 Å². The maximum absolute atomic E-state index is 4.59. The Hall–Kier alpha value is -1.63. The van der Waals surface area contributed by atoms with E-state index in [0.29, 0.717) is 6.04 Å². The van der Waals surface area contributed by atoms with E-state index in [9.17, 15) is 0 Å². The first-order valence-corrected chi connectivity index (χ1v) is 7.96. The van der Waals surface area contributed by atoms with Gasteiger partial charge in [0.1, 0.15) is 5.82 Å². The van der Waals surface area contributed by atoms with Crippen LogP contribution in [-0.4, -0.2) is 31.7 Å². The van der Waals surface area contributed by atoms with E-state index in [4.69, 9.17) is 0 Å². The molecular weight excluding hydrogens is 272 g/mol. The molecule has 0 aliphatic heterocycles. The number of thioether (sulfide) groups is 1. The number of pyridine rings is 1. The molecule has 0 aromatic carbocycles. The zero-order valence-electron chi connectivity index (χ0n) is 11.5. The average molecular weight is 290 g/mol. The highest BCUT2D eigenvalue weighted by Gasteiger charge is 2.27. The summed E-state index contributed by atoms with van der Waals surface area (Å²) >= 11 is 1.64. The Morgan fingerprint density at radius 1 is 1.40 bits per heavy atom. The van der Waals surface area contributed by atoms with Crippen molar-refractivity contribution in [3.63, 3.8) is 0 Å². The van der Waals surface area contributed by atoms with Gasteiger partial charge in [0.15, 0.2) is 0 Å². The van der Waals surface area contributed by atoms with Crippen LogP contribution in [0.4, 0.5) is 5.82 Å². The van der Waals surface area contributed by atoms with Crippen LogP contribution in [0.3, 0.4) is 0 Å². The molecule has 0 saturated heterocycles. The van der Waals surface area contributed by atoms with Gasteiger partial charge in [-0.25, -0.2) is 9.67 Å². The van der Waals surface area contributed by atoms with Gasteiger partial charge >= 0.3 is 0 Å². The van der Waals surface area contributed by atoms with Crippen LogP contribution in [-0.2, 0) is 5.75 Å². The van der Waals surface area contributed by atoms with Crippen LogP contribution in [0.25, 0.3) is 0 Å². The highest BCUT2D eigenvalue weighted by atomic mass is 32.2. The molecule has 1 fully saturated rings. The number of aromatic nitrogens is 5. The molecule has 0 atom stereocenters. The molecular formula is C13H18N6S. The van der Waals surface area contributed by atoms with Gasteiger partial charge in [-0.2, -0.15) is 0 Å². The highest BCUT2D eigenvalue weighted by molar-refractivity contribution is 7.98. The van der Waals surface area contributed by atoms with Crippen molar-refractivity contribution in [1.29, 1.82) is 0 Å². The van der Waals surface area contributed by atoms with Crippen molar-refractivity contribution >= 4 is 17.6 Å². The second-order valence-electron chi connectivity index (χ2n) is 4.87. The van der Waals surface area contributed by atoms with Crippen molar-refractivity contribution in [2.75, 3.05) is 11.9 Å². The molecule has 1 N–H and O–H groups in total. The predicted octanol–water partition coefficient (Wildman–Crippen LogP) is 2.52. The van der Waals surface area contributed by atoms with Gasteiger partial charge in [0.2, 0.25) is 5.16 Å². The van der Waals surface area contributed by atoms with Crippen molar-refractivity contribution in [3.05, 3.63) is 23.9 Å². The third kappa shape index (κ3) is 3.27. The number of tetrazole rings is 1. The van der Waals surface area contributed by atoms with E-state index in [2.05, 4.69) is 32.7 Å². The molecule has 7 heteroatoms. The second-order valence-corrected chi connectivity index (χ2v) is 5.81. The lowest BCUT2D eigenvalue weighted by Crippen LogP contribution is -2.03. The maximum Gasteiger partial charge on any atom is 0.209 e. The third-order valence-electron chi connectivity index (χ3n) is 3.07.